The van der Waals surface area contributed by atoms with E-state index in [0.29, 0.717) is 5.89 Å². The van der Waals surface area contributed by atoms with Gasteiger partial charge in [0.05, 0.1) is 16.7 Å². The van der Waals surface area contributed by atoms with Crippen molar-refractivity contribution < 1.29 is 4.42 Å². The number of benzene rings is 8. The highest BCUT2D eigenvalue weighted by molar-refractivity contribution is 6.11. The number of oxazole rings is 1. The summed E-state index contributed by atoms with van der Waals surface area (Å²) < 4.78 is 9.01. The molecule has 0 N–H and O–H groups in total. The smallest absolute Gasteiger partial charge is 0.227 e. The highest BCUT2D eigenvalue weighted by atomic mass is 16.3. The van der Waals surface area contributed by atoms with Crippen LogP contribution in [0.5, 0.6) is 0 Å². The third-order valence-electron chi connectivity index (χ3n) is 11.3. The summed E-state index contributed by atoms with van der Waals surface area (Å²) in [6, 6.07) is 67.1. The lowest BCUT2D eigenvalue weighted by atomic mass is 9.91. The SMILES string of the molecule is C1=Cc2c(cc(-c3ccc(N(c4ccc5c(c4)c4ccccc4n5-c4ccccc4)c4ccccc4-c4ccccc4)cc3)c3oc(-c4ccccc4)nc23)CC1. The molecule has 10 aromatic rings. The van der Waals surface area contributed by atoms with Crippen LogP contribution in [0.15, 0.2) is 199 Å². The van der Waals surface area contributed by atoms with Gasteiger partial charge in [0.2, 0.25) is 5.89 Å². The lowest BCUT2D eigenvalue weighted by molar-refractivity contribution is 0.620. The molecule has 57 heavy (non-hydrogen) atoms. The summed E-state index contributed by atoms with van der Waals surface area (Å²) in [7, 11) is 0. The second-order valence-electron chi connectivity index (χ2n) is 14.7. The normalized spacial score (nSPS) is 12.4. The standard InChI is InChI=1S/C53H37N3O/c1-4-16-36(17-5-1)43-23-12-14-26-48(43)55(42-32-33-50-47(35-42)45-25-13-15-27-49(45)56(50)40-21-8-3-9-22-40)41-30-28-37(29-31-41)46-34-39-20-10-11-24-44(39)51-52(46)57-53(54-51)38-18-6-2-7-19-38/h1-9,11-19,21-35H,10,20H2. The van der Waals surface area contributed by atoms with Crippen molar-refractivity contribution in [3.63, 3.8) is 0 Å². The Balaban J connectivity index is 1.09. The number of aromatic nitrogens is 2. The highest BCUT2D eigenvalue weighted by Gasteiger charge is 2.23. The van der Waals surface area contributed by atoms with E-state index in [1.165, 1.54) is 32.9 Å². The molecule has 0 amide bonds. The maximum Gasteiger partial charge on any atom is 0.227 e. The van der Waals surface area contributed by atoms with E-state index in [1.54, 1.807) is 0 Å². The van der Waals surface area contributed by atoms with Crippen LogP contribution in [-0.2, 0) is 6.42 Å². The zero-order valence-electron chi connectivity index (χ0n) is 31.2. The monoisotopic (exact) mass is 731 g/mol. The average molecular weight is 732 g/mol. The van der Waals surface area contributed by atoms with Crippen molar-refractivity contribution in [2.45, 2.75) is 12.8 Å². The predicted octanol–water partition coefficient (Wildman–Crippen LogP) is 14.4. The fourth-order valence-corrected chi connectivity index (χ4v) is 8.61. The van der Waals surface area contributed by atoms with Gasteiger partial charge in [0.25, 0.3) is 0 Å². The van der Waals surface area contributed by atoms with Crippen LogP contribution in [0.2, 0.25) is 0 Å². The van der Waals surface area contributed by atoms with Gasteiger partial charge in [-0.3, -0.25) is 0 Å². The molecule has 0 saturated heterocycles. The Bertz CT molecular complexity index is 3100. The van der Waals surface area contributed by atoms with Crippen molar-refractivity contribution in [1.29, 1.82) is 0 Å². The number of para-hydroxylation sites is 3. The molecule has 0 fully saturated rings. The van der Waals surface area contributed by atoms with E-state index in [9.17, 15) is 0 Å². The summed E-state index contributed by atoms with van der Waals surface area (Å²) in [4.78, 5) is 7.48. The quantitative estimate of drug-likeness (QED) is 0.164. The van der Waals surface area contributed by atoms with Gasteiger partial charge in [-0.2, -0.15) is 0 Å². The molecule has 0 unspecified atom stereocenters. The van der Waals surface area contributed by atoms with Gasteiger partial charge in [0, 0.05) is 50.1 Å². The van der Waals surface area contributed by atoms with Crippen LogP contribution in [0, 0.1) is 0 Å². The van der Waals surface area contributed by atoms with E-state index in [1.807, 2.05) is 18.2 Å². The van der Waals surface area contributed by atoms with E-state index in [-0.39, 0.29) is 0 Å². The molecule has 4 heteroatoms. The summed E-state index contributed by atoms with van der Waals surface area (Å²) in [5.41, 5.74) is 16.4. The van der Waals surface area contributed by atoms with Crippen LogP contribution in [0.1, 0.15) is 17.5 Å². The Morgan fingerprint density at radius 1 is 0.526 bits per heavy atom. The Hall–Kier alpha value is -7.43. The highest BCUT2D eigenvalue weighted by Crippen LogP contribution is 2.45. The number of fused-ring (bicyclic) bond motifs is 6. The third-order valence-corrected chi connectivity index (χ3v) is 11.3. The fraction of sp³-hybridized carbons (Fsp3) is 0.0377. The lowest BCUT2D eigenvalue weighted by Crippen LogP contribution is -2.11. The molecule has 8 aromatic carbocycles. The Kier molecular flexibility index (Phi) is 7.92. The molecular formula is C53H37N3O. The maximum atomic E-state index is 6.64. The van der Waals surface area contributed by atoms with Crippen LogP contribution < -0.4 is 4.90 Å². The van der Waals surface area contributed by atoms with E-state index in [4.69, 9.17) is 9.40 Å². The number of hydrogen-bond donors (Lipinski definition) is 0. The summed E-state index contributed by atoms with van der Waals surface area (Å²) in [6.45, 7) is 0. The number of hydrogen-bond acceptors (Lipinski definition) is 3. The van der Waals surface area contributed by atoms with Gasteiger partial charge in [0.15, 0.2) is 5.58 Å². The van der Waals surface area contributed by atoms with Crippen molar-refractivity contribution in [2.24, 2.45) is 0 Å². The van der Waals surface area contributed by atoms with Crippen LogP contribution in [-0.4, -0.2) is 9.55 Å². The van der Waals surface area contributed by atoms with Gasteiger partial charge in [-0.05, 0) is 102 Å². The van der Waals surface area contributed by atoms with E-state index in [0.717, 1.165) is 74.5 Å². The Morgan fingerprint density at radius 3 is 1.98 bits per heavy atom. The minimum atomic E-state index is 0.642. The van der Waals surface area contributed by atoms with Crippen molar-refractivity contribution in [2.75, 3.05) is 4.90 Å². The summed E-state index contributed by atoms with van der Waals surface area (Å²) in [5.74, 6) is 0.642. The minimum absolute atomic E-state index is 0.642. The Labute approximate surface area is 331 Å². The van der Waals surface area contributed by atoms with Gasteiger partial charge in [-0.1, -0.05) is 127 Å². The number of rotatable bonds is 7. The molecule has 1 aliphatic rings. The molecule has 0 spiro atoms. The largest absolute Gasteiger partial charge is 0.435 e. The number of anilines is 3. The molecule has 0 radical (unpaired) electrons. The second-order valence-corrected chi connectivity index (χ2v) is 14.7. The van der Waals surface area contributed by atoms with E-state index >= 15 is 0 Å². The first kappa shape index (κ1) is 33.0. The molecule has 270 valence electrons. The molecular weight excluding hydrogens is 695 g/mol. The number of aryl methyl sites for hydroxylation is 1. The molecule has 2 aromatic heterocycles. The maximum absolute atomic E-state index is 6.64. The zero-order valence-corrected chi connectivity index (χ0v) is 31.2. The summed E-state index contributed by atoms with van der Waals surface area (Å²) in [5, 5.41) is 2.42. The topological polar surface area (TPSA) is 34.2 Å². The molecule has 1 aliphatic carbocycles. The third kappa shape index (κ3) is 5.65. The first-order valence-corrected chi connectivity index (χ1v) is 19.6. The van der Waals surface area contributed by atoms with Crippen molar-refractivity contribution in [3.05, 3.63) is 205 Å². The predicted molar refractivity (Wildman–Crippen MR) is 237 cm³/mol. The second kappa shape index (κ2) is 13.7. The van der Waals surface area contributed by atoms with Crippen molar-refractivity contribution in [3.8, 4) is 39.4 Å². The molecule has 4 nitrogen and oxygen atoms in total. The van der Waals surface area contributed by atoms with Crippen LogP contribution >= 0.6 is 0 Å². The molecule has 0 aliphatic heterocycles. The first-order chi connectivity index (χ1) is 28.3. The van der Waals surface area contributed by atoms with E-state index in [2.05, 4.69) is 191 Å². The van der Waals surface area contributed by atoms with Crippen LogP contribution in [0.4, 0.5) is 17.1 Å². The minimum Gasteiger partial charge on any atom is -0.435 e. The molecule has 11 rings (SSSR count). The van der Waals surface area contributed by atoms with Gasteiger partial charge in [-0.25, -0.2) is 4.98 Å². The van der Waals surface area contributed by atoms with Gasteiger partial charge in [0.1, 0.15) is 5.52 Å². The lowest BCUT2D eigenvalue weighted by Gasteiger charge is -2.28. The number of nitrogens with zero attached hydrogens (tertiary/aromatic N) is 3. The number of allylic oxidation sites excluding steroid dienone is 1. The molecule has 2 heterocycles. The van der Waals surface area contributed by atoms with Crippen molar-refractivity contribution in [1.82, 2.24) is 9.55 Å². The van der Waals surface area contributed by atoms with Crippen LogP contribution in [0.25, 0.3) is 78.4 Å². The summed E-state index contributed by atoms with van der Waals surface area (Å²) >= 11 is 0. The van der Waals surface area contributed by atoms with Gasteiger partial charge < -0.3 is 13.9 Å². The molecule has 0 atom stereocenters. The van der Waals surface area contributed by atoms with Gasteiger partial charge >= 0.3 is 0 Å². The van der Waals surface area contributed by atoms with E-state index < -0.39 is 0 Å². The Morgan fingerprint density at radius 2 is 1.18 bits per heavy atom. The molecule has 0 saturated carbocycles. The van der Waals surface area contributed by atoms with Gasteiger partial charge in [-0.15, -0.1) is 0 Å². The summed E-state index contributed by atoms with van der Waals surface area (Å²) in [6.07, 6.45) is 6.45. The molecule has 0 bridgehead atoms. The average Bonchev–Trinajstić information content (AvgIpc) is 3.88. The first-order valence-electron chi connectivity index (χ1n) is 19.6. The fourth-order valence-electron chi connectivity index (χ4n) is 8.61. The van der Waals surface area contributed by atoms with Crippen LogP contribution in [0.3, 0.4) is 0 Å². The van der Waals surface area contributed by atoms with Crippen molar-refractivity contribution >= 4 is 56.0 Å². The zero-order chi connectivity index (χ0) is 37.7.